The molecule has 7 nitrogen and oxygen atoms in total. The summed E-state index contributed by atoms with van der Waals surface area (Å²) in [5, 5.41) is 10.4. The van der Waals surface area contributed by atoms with E-state index in [0.29, 0.717) is 6.29 Å². The van der Waals surface area contributed by atoms with Gasteiger partial charge in [0.2, 0.25) is 20.0 Å². The van der Waals surface area contributed by atoms with Crippen LogP contribution in [0.5, 0.6) is 0 Å². The number of carbonyl (C=O) groups is 1. The molecule has 106 valence electrons. The van der Waals surface area contributed by atoms with Gasteiger partial charge in [-0.15, -0.1) is 0 Å². The standard InChI is InChI=1S/C11H10N2O5S2/c12-19(15,16)10-5-11(20(13,17)18)9(6-14)7-3-1-2-4-8(7)10/h1-6H,(H2,12,15,16)(H2,13,17,18). The predicted molar refractivity (Wildman–Crippen MR) is 72.1 cm³/mol. The average Bonchev–Trinajstić information content (AvgIpc) is 2.34. The number of hydrogen-bond donors (Lipinski definition) is 2. The minimum absolute atomic E-state index is 0.151. The van der Waals surface area contributed by atoms with Crippen molar-refractivity contribution in [2.75, 3.05) is 0 Å². The molecule has 0 aliphatic rings. The van der Waals surface area contributed by atoms with Crippen LogP contribution in [-0.4, -0.2) is 23.1 Å². The van der Waals surface area contributed by atoms with Crippen LogP contribution in [0, 0.1) is 0 Å². The van der Waals surface area contributed by atoms with Gasteiger partial charge in [-0.3, -0.25) is 4.79 Å². The molecular formula is C11H10N2O5S2. The number of fused-ring (bicyclic) bond motifs is 1. The van der Waals surface area contributed by atoms with E-state index in [0.717, 1.165) is 6.07 Å². The largest absolute Gasteiger partial charge is 0.298 e. The molecular weight excluding hydrogens is 304 g/mol. The summed E-state index contributed by atoms with van der Waals surface area (Å²) in [5.41, 5.74) is -0.199. The Morgan fingerprint density at radius 3 is 1.80 bits per heavy atom. The molecule has 0 aliphatic carbocycles. The minimum Gasteiger partial charge on any atom is -0.298 e. The predicted octanol–water partition coefficient (Wildman–Crippen LogP) is -0.0529. The van der Waals surface area contributed by atoms with E-state index < -0.39 is 29.8 Å². The smallest absolute Gasteiger partial charge is 0.238 e. The van der Waals surface area contributed by atoms with Gasteiger partial charge in [-0.25, -0.2) is 27.1 Å². The molecule has 4 N–H and O–H groups in total. The van der Waals surface area contributed by atoms with E-state index in [1.807, 2.05) is 0 Å². The fourth-order valence-corrected chi connectivity index (χ4v) is 3.52. The van der Waals surface area contributed by atoms with Crippen LogP contribution in [0.15, 0.2) is 40.1 Å². The summed E-state index contributed by atoms with van der Waals surface area (Å²) >= 11 is 0. The summed E-state index contributed by atoms with van der Waals surface area (Å²) in [4.78, 5) is 10.2. The van der Waals surface area contributed by atoms with Crippen LogP contribution in [-0.2, 0) is 20.0 Å². The zero-order valence-corrected chi connectivity index (χ0v) is 11.6. The molecule has 0 saturated carbocycles. The second-order valence-corrected chi connectivity index (χ2v) is 7.10. The van der Waals surface area contributed by atoms with Crippen molar-refractivity contribution in [2.45, 2.75) is 9.79 Å². The van der Waals surface area contributed by atoms with Crippen LogP contribution < -0.4 is 10.3 Å². The molecule has 0 unspecified atom stereocenters. The number of benzene rings is 2. The summed E-state index contributed by atoms with van der Waals surface area (Å²) in [5.74, 6) is 0. The first-order valence-electron chi connectivity index (χ1n) is 5.23. The van der Waals surface area contributed by atoms with E-state index in [9.17, 15) is 21.6 Å². The second-order valence-electron chi connectivity index (χ2n) is 4.04. The first kappa shape index (κ1) is 14.6. The molecule has 0 amide bonds. The monoisotopic (exact) mass is 314 g/mol. The molecule has 2 rings (SSSR count). The highest BCUT2D eigenvalue weighted by Gasteiger charge is 2.23. The molecule has 0 radical (unpaired) electrons. The molecule has 0 bridgehead atoms. The normalized spacial score (nSPS) is 12.5. The summed E-state index contributed by atoms with van der Waals surface area (Å²) < 4.78 is 46.2. The SMILES string of the molecule is NS(=O)(=O)c1cc(S(N)(=O)=O)c2ccccc2c1C=O. The number of rotatable bonds is 3. The summed E-state index contributed by atoms with van der Waals surface area (Å²) in [6.07, 6.45) is 0.314. The molecule has 2 aromatic carbocycles. The number of primary sulfonamides is 2. The van der Waals surface area contributed by atoms with Crippen molar-refractivity contribution in [3.05, 3.63) is 35.9 Å². The Morgan fingerprint density at radius 2 is 1.35 bits per heavy atom. The quantitative estimate of drug-likeness (QED) is 0.765. The lowest BCUT2D eigenvalue weighted by atomic mass is 10.1. The van der Waals surface area contributed by atoms with Crippen molar-refractivity contribution in [2.24, 2.45) is 10.3 Å². The van der Waals surface area contributed by atoms with E-state index in [-0.39, 0.29) is 16.3 Å². The van der Waals surface area contributed by atoms with Crippen LogP contribution in [0.2, 0.25) is 0 Å². The molecule has 20 heavy (non-hydrogen) atoms. The Bertz CT molecular complexity index is 917. The Labute approximate surface area is 115 Å². The molecule has 9 heteroatoms. The van der Waals surface area contributed by atoms with Crippen molar-refractivity contribution in [1.29, 1.82) is 0 Å². The van der Waals surface area contributed by atoms with E-state index in [1.165, 1.54) is 18.2 Å². The molecule has 0 atom stereocenters. The highest BCUT2D eigenvalue weighted by atomic mass is 32.2. The molecule has 2 aromatic rings. The van der Waals surface area contributed by atoms with E-state index in [4.69, 9.17) is 10.3 Å². The zero-order chi connectivity index (χ0) is 15.1. The minimum atomic E-state index is -4.27. The number of hydrogen-bond acceptors (Lipinski definition) is 5. The van der Waals surface area contributed by atoms with Gasteiger partial charge in [0.1, 0.15) is 0 Å². The maximum atomic E-state index is 11.6. The first-order chi connectivity index (χ1) is 9.16. The molecule has 0 aromatic heterocycles. The highest BCUT2D eigenvalue weighted by molar-refractivity contribution is 7.90. The summed E-state index contributed by atoms with van der Waals surface area (Å²) in [6, 6.07) is 6.73. The van der Waals surface area contributed by atoms with Gasteiger partial charge < -0.3 is 0 Å². The Morgan fingerprint density at radius 1 is 0.850 bits per heavy atom. The number of sulfonamides is 2. The van der Waals surface area contributed by atoms with Crippen LogP contribution in [0.1, 0.15) is 10.4 Å². The van der Waals surface area contributed by atoms with Crippen molar-refractivity contribution >= 4 is 37.1 Å². The molecule has 0 heterocycles. The fourth-order valence-electron chi connectivity index (χ4n) is 1.93. The van der Waals surface area contributed by atoms with Gasteiger partial charge >= 0.3 is 0 Å². The van der Waals surface area contributed by atoms with Crippen molar-refractivity contribution < 1.29 is 21.6 Å². The fraction of sp³-hybridized carbons (Fsp3) is 0. The van der Waals surface area contributed by atoms with Crippen molar-refractivity contribution in [1.82, 2.24) is 0 Å². The lowest BCUT2D eigenvalue weighted by molar-refractivity contribution is 0.112. The summed E-state index contributed by atoms with van der Waals surface area (Å²) in [6.45, 7) is 0. The van der Waals surface area contributed by atoms with Crippen molar-refractivity contribution in [3.63, 3.8) is 0 Å². The highest BCUT2D eigenvalue weighted by Crippen LogP contribution is 2.29. The maximum Gasteiger partial charge on any atom is 0.238 e. The van der Waals surface area contributed by atoms with Gasteiger partial charge in [0, 0.05) is 10.9 Å². The van der Waals surface area contributed by atoms with E-state index in [1.54, 1.807) is 6.07 Å². The Kier molecular flexibility index (Phi) is 3.38. The molecule has 0 fully saturated rings. The van der Waals surface area contributed by atoms with Gasteiger partial charge in [-0.05, 0) is 11.5 Å². The Hall–Kier alpha value is -1.81. The van der Waals surface area contributed by atoms with Gasteiger partial charge in [0.05, 0.1) is 9.79 Å². The van der Waals surface area contributed by atoms with Gasteiger partial charge in [0.15, 0.2) is 6.29 Å². The van der Waals surface area contributed by atoms with Gasteiger partial charge in [-0.1, -0.05) is 24.3 Å². The van der Waals surface area contributed by atoms with Gasteiger partial charge in [-0.2, -0.15) is 0 Å². The van der Waals surface area contributed by atoms with Crippen LogP contribution >= 0.6 is 0 Å². The topological polar surface area (TPSA) is 137 Å². The number of nitrogens with two attached hydrogens (primary N) is 2. The van der Waals surface area contributed by atoms with Crippen molar-refractivity contribution in [3.8, 4) is 0 Å². The number of aldehydes is 1. The van der Waals surface area contributed by atoms with E-state index in [2.05, 4.69) is 0 Å². The molecule has 0 spiro atoms. The molecule has 0 aliphatic heterocycles. The second kappa shape index (κ2) is 4.63. The first-order valence-corrected chi connectivity index (χ1v) is 8.32. The Balaban J connectivity index is 3.16. The number of carbonyl (C=O) groups excluding carboxylic acids is 1. The average molecular weight is 314 g/mol. The van der Waals surface area contributed by atoms with Crippen LogP contribution in [0.25, 0.3) is 10.8 Å². The third-order valence-corrected chi connectivity index (χ3v) is 4.64. The zero-order valence-electron chi connectivity index (χ0n) is 9.98. The maximum absolute atomic E-state index is 11.6. The molecule has 0 saturated heterocycles. The van der Waals surface area contributed by atoms with Crippen LogP contribution in [0.4, 0.5) is 0 Å². The lowest BCUT2D eigenvalue weighted by Crippen LogP contribution is -2.18. The third kappa shape index (κ3) is 2.43. The van der Waals surface area contributed by atoms with E-state index >= 15 is 0 Å². The lowest BCUT2D eigenvalue weighted by Gasteiger charge is -2.10. The van der Waals surface area contributed by atoms with Crippen LogP contribution in [0.3, 0.4) is 0 Å². The third-order valence-electron chi connectivity index (χ3n) is 2.74. The van der Waals surface area contributed by atoms with Gasteiger partial charge in [0.25, 0.3) is 0 Å². The summed E-state index contributed by atoms with van der Waals surface area (Å²) in [7, 11) is -8.44.